The molecule has 5 rings (SSSR count). The van der Waals surface area contributed by atoms with Crippen LogP contribution in [-0.2, 0) is 22.7 Å². The smallest absolute Gasteiger partial charge is 0.322 e. The molecule has 36 heavy (non-hydrogen) atoms. The van der Waals surface area contributed by atoms with Crippen LogP contribution in [0.2, 0.25) is 5.02 Å². The minimum atomic E-state index is -0.660. The van der Waals surface area contributed by atoms with E-state index in [1.807, 2.05) is 6.07 Å². The molecule has 1 unspecified atom stereocenters. The number of carbonyl (C=O) groups is 3. The van der Waals surface area contributed by atoms with E-state index in [0.717, 1.165) is 11.1 Å². The third kappa shape index (κ3) is 4.11. The minimum absolute atomic E-state index is 0.0193. The molecule has 0 bridgehead atoms. The summed E-state index contributed by atoms with van der Waals surface area (Å²) in [6, 6.07) is 6.35. The first kappa shape index (κ1) is 23.6. The molecule has 2 aromatic carbocycles. The van der Waals surface area contributed by atoms with Crippen molar-refractivity contribution in [1.82, 2.24) is 20.4 Å². The second-order valence-corrected chi connectivity index (χ2v) is 8.96. The van der Waals surface area contributed by atoms with E-state index in [0.29, 0.717) is 35.4 Å². The summed E-state index contributed by atoms with van der Waals surface area (Å²) in [5.74, 6) is -0.502. The van der Waals surface area contributed by atoms with Crippen molar-refractivity contribution < 1.29 is 28.8 Å². The van der Waals surface area contributed by atoms with Gasteiger partial charge in [0.25, 0.3) is 5.91 Å². The van der Waals surface area contributed by atoms with Crippen molar-refractivity contribution in [2.75, 3.05) is 12.4 Å². The van der Waals surface area contributed by atoms with Gasteiger partial charge in [-0.3, -0.25) is 19.7 Å². The van der Waals surface area contributed by atoms with Gasteiger partial charge in [-0.1, -0.05) is 28.9 Å². The van der Waals surface area contributed by atoms with Gasteiger partial charge >= 0.3 is 6.01 Å². The zero-order chi connectivity index (χ0) is 25.6. The monoisotopic (exact) mass is 511 g/mol. The maximum atomic E-state index is 12.8. The number of piperidine rings is 1. The molecule has 186 valence electrons. The van der Waals surface area contributed by atoms with Crippen LogP contribution in [0.5, 0.6) is 11.5 Å². The molecule has 2 aliphatic heterocycles. The Bertz CT molecular complexity index is 1400. The summed E-state index contributed by atoms with van der Waals surface area (Å²) in [7, 11) is 1.46. The number of ether oxygens (including phenoxy) is 1. The van der Waals surface area contributed by atoms with Gasteiger partial charge in [0.15, 0.2) is 0 Å². The highest BCUT2D eigenvalue weighted by molar-refractivity contribution is 6.33. The molecule has 3 amide bonds. The molecule has 3 aromatic rings. The second kappa shape index (κ2) is 9.15. The zero-order valence-corrected chi connectivity index (χ0v) is 20.2. The van der Waals surface area contributed by atoms with E-state index in [2.05, 4.69) is 20.8 Å². The largest absolute Gasteiger partial charge is 0.508 e. The van der Waals surface area contributed by atoms with Gasteiger partial charge in [-0.25, -0.2) is 0 Å². The highest BCUT2D eigenvalue weighted by atomic mass is 35.5. The van der Waals surface area contributed by atoms with Crippen LogP contribution in [-0.4, -0.2) is 51.0 Å². The Morgan fingerprint density at radius 1 is 1.28 bits per heavy atom. The van der Waals surface area contributed by atoms with Crippen LogP contribution in [0.3, 0.4) is 0 Å². The lowest BCUT2D eigenvalue weighted by molar-refractivity contribution is -0.136. The number of nitrogens with zero attached hydrogens (tertiary/aromatic N) is 3. The number of fused-ring (bicyclic) bond motifs is 1. The van der Waals surface area contributed by atoms with Gasteiger partial charge in [-0.2, -0.15) is 4.98 Å². The molecule has 1 atom stereocenters. The number of hydrogen-bond acceptors (Lipinski definition) is 9. The molecule has 1 aromatic heterocycles. The number of aromatic hydroxyl groups is 1. The maximum Gasteiger partial charge on any atom is 0.322 e. The van der Waals surface area contributed by atoms with E-state index < -0.39 is 11.9 Å². The van der Waals surface area contributed by atoms with Gasteiger partial charge < -0.3 is 24.6 Å². The fourth-order valence-corrected chi connectivity index (χ4v) is 4.67. The summed E-state index contributed by atoms with van der Waals surface area (Å²) in [4.78, 5) is 42.3. The Hall–Kier alpha value is -4.12. The molecular formula is C24H22ClN5O6. The summed E-state index contributed by atoms with van der Waals surface area (Å²) in [6.07, 6.45) is 0.519. The Morgan fingerprint density at radius 2 is 2.08 bits per heavy atom. The van der Waals surface area contributed by atoms with Crippen LogP contribution in [0.15, 0.2) is 28.8 Å². The van der Waals surface area contributed by atoms with Gasteiger partial charge in [0.1, 0.15) is 17.5 Å². The molecule has 0 spiro atoms. The van der Waals surface area contributed by atoms with Crippen molar-refractivity contribution in [3.63, 3.8) is 0 Å². The van der Waals surface area contributed by atoms with Crippen molar-refractivity contribution in [3.8, 4) is 22.9 Å². The fourth-order valence-electron chi connectivity index (χ4n) is 4.40. The number of phenolic OH excluding ortho intramolecular Hbond substituents is 1. The number of nitrogens with one attached hydrogen (secondary N) is 2. The first-order valence-corrected chi connectivity index (χ1v) is 11.5. The minimum Gasteiger partial charge on any atom is -0.508 e. The van der Waals surface area contributed by atoms with Gasteiger partial charge in [0, 0.05) is 30.6 Å². The molecule has 12 heteroatoms. The molecule has 0 aliphatic carbocycles. The number of methoxy groups -OCH3 is 1. The molecule has 3 N–H and O–H groups in total. The second-order valence-electron chi connectivity index (χ2n) is 8.58. The van der Waals surface area contributed by atoms with E-state index in [9.17, 15) is 19.5 Å². The van der Waals surface area contributed by atoms with Crippen molar-refractivity contribution in [2.45, 2.75) is 38.9 Å². The van der Waals surface area contributed by atoms with Crippen molar-refractivity contribution in [1.29, 1.82) is 0 Å². The normalized spacial score (nSPS) is 17.2. The number of rotatable bonds is 6. The van der Waals surface area contributed by atoms with Crippen molar-refractivity contribution >= 4 is 35.3 Å². The highest BCUT2D eigenvalue weighted by Crippen LogP contribution is 2.41. The summed E-state index contributed by atoms with van der Waals surface area (Å²) in [6.45, 7) is 2.29. The number of halogens is 1. The Morgan fingerprint density at radius 3 is 2.83 bits per heavy atom. The maximum absolute atomic E-state index is 12.8. The summed E-state index contributed by atoms with van der Waals surface area (Å²) in [5.41, 5.74) is 3.05. The average Bonchev–Trinajstić information content (AvgIpc) is 3.45. The van der Waals surface area contributed by atoms with Crippen LogP contribution in [0.25, 0.3) is 11.4 Å². The first-order chi connectivity index (χ1) is 17.3. The lowest BCUT2D eigenvalue weighted by atomic mass is 10.0. The van der Waals surface area contributed by atoms with E-state index >= 15 is 0 Å². The molecular weight excluding hydrogens is 490 g/mol. The number of aromatic nitrogens is 2. The molecule has 2 aliphatic rings. The van der Waals surface area contributed by atoms with Gasteiger partial charge in [-0.05, 0) is 36.6 Å². The van der Waals surface area contributed by atoms with Crippen LogP contribution >= 0.6 is 11.6 Å². The quantitative estimate of drug-likeness (QED) is 0.425. The van der Waals surface area contributed by atoms with Crippen LogP contribution < -0.4 is 15.4 Å². The molecule has 1 saturated heterocycles. The lowest BCUT2D eigenvalue weighted by Crippen LogP contribution is -2.52. The van der Waals surface area contributed by atoms with Crippen LogP contribution in [0.1, 0.15) is 39.9 Å². The highest BCUT2D eigenvalue weighted by Gasteiger charge is 2.39. The third-order valence-electron chi connectivity index (χ3n) is 6.34. The Labute approximate surface area is 210 Å². The van der Waals surface area contributed by atoms with Gasteiger partial charge in [-0.15, -0.1) is 0 Å². The zero-order valence-electron chi connectivity index (χ0n) is 19.4. The average molecular weight is 512 g/mol. The Balaban J connectivity index is 1.29. The summed E-state index contributed by atoms with van der Waals surface area (Å²) >= 11 is 6.28. The predicted molar refractivity (Wildman–Crippen MR) is 128 cm³/mol. The lowest BCUT2D eigenvalue weighted by Gasteiger charge is -2.29. The first-order valence-electron chi connectivity index (χ1n) is 11.2. The van der Waals surface area contributed by atoms with E-state index in [1.165, 1.54) is 18.1 Å². The molecule has 0 radical (unpaired) electrons. The van der Waals surface area contributed by atoms with Crippen LogP contribution in [0.4, 0.5) is 6.01 Å². The molecule has 11 nitrogen and oxygen atoms in total. The number of amides is 3. The molecule has 1 fully saturated rings. The Kier molecular flexibility index (Phi) is 6.00. The van der Waals surface area contributed by atoms with Crippen molar-refractivity contribution in [3.05, 3.63) is 51.5 Å². The predicted octanol–water partition coefficient (Wildman–Crippen LogP) is 2.79. The SMILES string of the molecule is COc1c(-c2noc(NCc3ccc4c(c3)CN(C3CCC(=O)NC3=O)C4=O)n2)cc(O)c(C)c1Cl. The van der Waals surface area contributed by atoms with Gasteiger partial charge in [0.05, 0.1) is 17.7 Å². The third-order valence-corrected chi connectivity index (χ3v) is 6.80. The van der Waals surface area contributed by atoms with Crippen LogP contribution in [0, 0.1) is 6.92 Å². The number of benzene rings is 2. The summed E-state index contributed by atoms with van der Waals surface area (Å²) < 4.78 is 10.7. The summed E-state index contributed by atoms with van der Waals surface area (Å²) in [5, 5.41) is 19.7. The van der Waals surface area contributed by atoms with Gasteiger partial charge in [0.2, 0.25) is 17.6 Å². The van der Waals surface area contributed by atoms with E-state index in [-0.39, 0.29) is 47.4 Å². The fraction of sp³-hybridized carbons (Fsp3) is 0.292. The van der Waals surface area contributed by atoms with E-state index in [1.54, 1.807) is 19.1 Å². The molecule has 3 heterocycles. The number of imide groups is 1. The molecule has 0 saturated carbocycles. The number of hydrogen-bond donors (Lipinski definition) is 3. The number of phenols is 1. The number of carbonyl (C=O) groups excluding carboxylic acids is 3. The van der Waals surface area contributed by atoms with Crippen molar-refractivity contribution in [2.24, 2.45) is 0 Å². The topological polar surface area (TPSA) is 147 Å². The standard InChI is InChI=1S/C24H22ClN5O6/c1-11-17(31)8-15(20(35-2)19(11)25)21-28-24(36-29-21)26-9-12-3-4-14-13(7-12)10-30(23(14)34)16-5-6-18(32)27-22(16)33/h3-4,7-8,16,31H,5-6,9-10H2,1-2H3,(H,26,28,29)(H,27,32,33). The number of anilines is 1. The van der Waals surface area contributed by atoms with E-state index in [4.69, 9.17) is 20.9 Å².